The van der Waals surface area contributed by atoms with Crippen molar-refractivity contribution in [2.45, 2.75) is 31.5 Å². The summed E-state index contributed by atoms with van der Waals surface area (Å²) in [5.74, 6) is 0. The summed E-state index contributed by atoms with van der Waals surface area (Å²) >= 11 is 0. The molecule has 1 heterocycles. The van der Waals surface area contributed by atoms with Crippen molar-refractivity contribution in [3.8, 4) is 0 Å². The van der Waals surface area contributed by atoms with Crippen LogP contribution in [-0.2, 0) is 39.5 Å². The molecule has 0 radical (unpaired) electrons. The molecule has 144 valence electrons. The molecule has 0 N–H and O–H groups in total. The zero-order valence-corrected chi connectivity index (χ0v) is 18.4. The van der Waals surface area contributed by atoms with Crippen molar-refractivity contribution in [1.82, 2.24) is 0 Å². The predicted molar refractivity (Wildman–Crippen MR) is 97.9 cm³/mol. The number of rotatable bonds is 12. The van der Waals surface area contributed by atoms with E-state index >= 15 is 0 Å². The molecule has 0 spiro atoms. The quantitative estimate of drug-likeness (QED) is 0.399. The summed E-state index contributed by atoms with van der Waals surface area (Å²) in [6, 6.07) is 6.13. The highest BCUT2D eigenvalue weighted by Crippen LogP contribution is 2.37. The monoisotopic (exact) mass is 390 g/mol. The molecule has 0 amide bonds. The normalized spacial score (nSPS) is 12.8. The van der Waals surface area contributed by atoms with Gasteiger partial charge in [0.15, 0.2) is 11.9 Å². The van der Waals surface area contributed by atoms with Gasteiger partial charge in [-0.2, -0.15) is 0 Å². The summed E-state index contributed by atoms with van der Waals surface area (Å²) in [5, 5.41) is -0.300. The van der Waals surface area contributed by atoms with E-state index in [9.17, 15) is 0 Å². The van der Waals surface area contributed by atoms with Crippen molar-refractivity contribution in [2.24, 2.45) is 0 Å². The number of hydrogen-bond donors (Lipinski definition) is 0. The molecule has 0 atom stereocenters. The van der Waals surface area contributed by atoms with Crippen LogP contribution in [0.2, 0.25) is 5.16 Å². The van der Waals surface area contributed by atoms with Gasteiger partial charge in [0, 0.05) is 67.6 Å². The fourth-order valence-electron chi connectivity index (χ4n) is 3.19. The van der Waals surface area contributed by atoms with Gasteiger partial charge in [0.2, 0.25) is 0 Å². The minimum Gasteiger partial charge on any atom is -0.377 e. The van der Waals surface area contributed by atoms with Gasteiger partial charge >= 0.3 is 17.6 Å². The molecule has 0 fully saturated rings. The van der Waals surface area contributed by atoms with Gasteiger partial charge in [-0.3, -0.25) is 0 Å². The molecule has 7 nitrogen and oxygen atoms in total. The third-order valence-electron chi connectivity index (χ3n) is 4.47. The van der Waals surface area contributed by atoms with Crippen LogP contribution in [0.5, 0.6) is 0 Å². The van der Waals surface area contributed by atoms with Crippen LogP contribution >= 0.6 is 0 Å². The Morgan fingerprint density at radius 3 is 1.72 bits per heavy atom. The molecule has 0 bridgehead atoms. The van der Waals surface area contributed by atoms with Crippen LogP contribution in [0.15, 0.2) is 24.4 Å². The molecule has 0 aliphatic rings. The van der Waals surface area contributed by atoms with Gasteiger partial charge in [0.05, 0.1) is 0 Å². The summed E-state index contributed by atoms with van der Waals surface area (Å²) in [6.45, 7) is 3.07. The number of aromatic nitrogens is 1. The third kappa shape index (κ3) is 4.74. The standard InChI is InChI=1S/C16H32NO6Si2/c1-8-12-17-13-10-9-11-15(17)14-16(24(18-2,19-3)20-4)25(21-5,22-6)23-7/h9-11,13,16H,8,12,14H2,1-7H3/q+1. The smallest absolute Gasteiger partial charge is 0.377 e. The lowest BCUT2D eigenvalue weighted by atomic mass is 10.2. The second-order valence-corrected chi connectivity index (χ2v) is 12.4. The van der Waals surface area contributed by atoms with Crippen LogP contribution in [-0.4, -0.2) is 60.3 Å². The molecule has 9 heteroatoms. The summed E-state index contributed by atoms with van der Waals surface area (Å²) in [7, 11) is 3.37. The van der Waals surface area contributed by atoms with Crippen LogP contribution in [0, 0.1) is 0 Å². The first-order chi connectivity index (χ1) is 12.0. The first kappa shape index (κ1) is 22.4. The SMILES string of the molecule is CCC[n+]1ccccc1CC([Si](OC)(OC)OC)[Si](OC)(OC)OC. The van der Waals surface area contributed by atoms with Crippen LogP contribution in [0.3, 0.4) is 0 Å². The van der Waals surface area contributed by atoms with Gasteiger partial charge in [0.25, 0.3) is 0 Å². The van der Waals surface area contributed by atoms with Crippen molar-refractivity contribution < 1.29 is 31.1 Å². The van der Waals surface area contributed by atoms with Gasteiger partial charge in [-0.25, -0.2) is 4.57 Å². The fraction of sp³-hybridized carbons (Fsp3) is 0.688. The van der Waals surface area contributed by atoms with Gasteiger partial charge in [-0.15, -0.1) is 0 Å². The van der Waals surface area contributed by atoms with E-state index in [1.165, 1.54) is 0 Å². The van der Waals surface area contributed by atoms with E-state index in [2.05, 4.69) is 23.8 Å². The van der Waals surface area contributed by atoms with Gasteiger partial charge < -0.3 is 26.6 Å². The van der Waals surface area contributed by atoms with Crippen molar-refractivity contribution in [2.75, 3.05) is 42.7 Å². The van der Waals surface area contributed by atoms with Gasteiger partial charge in [-0.05, 0) is 0 Å². The van der Waals surface area contributed by atoms with E-state index in [4.69, 9.17) is 26.6 Å². The van der Waals surface area contributed by atoms with E-state index < -0.39 is 17.6 Å². The molecular formula is C16H32NO6Si2+. The highest BCUT2D eigenvalue weighted by atomic mass is 28.5. The topological polar surface area (TPSA) is 59.3 Å². The number of aryl methyl sites for hydroxylation is 1. The molecule has 0 aromatic carbocycles. The second kappa shape index (κ2) is 10.5. The Balaban J connectivity index is 3.42. The molecule has 1 aromatic heterocycles. The predicted octanol–water partition coefficient (Wildman–Crippen LogP) is 1.59. The maximum Gasteiger partial charge on any atom is 0.508 e. The Morgan fingerprint density at radius 2 is 1.32 bits per heavy atom. The fourth-order valence-corrected chi connectivity index (χ4v) is 10.7. The minimum absolute atomic E-state index is 0.300. The minimum atomic E-state index is -3.10. The Morgan fingerprint density at radius 1 is 0.840 bits per heavy atom. The highest BCUT2D eigenvalue weighted by molar-refractivity contribution is 6.82. The Hall–Kier alpha value is -0.656. The lowest BCUT2D eigenvalue weighted by Gasteiger charge is -2.39. The second-order valence-electron chi connectivity index (χ2n) is 5.57. The molecular weight excluding hydrogens is 358 g/mol. The zero-order valence-electron chi connectivity index (χ0n) is 16.4. The first-order valence-electron chi connectivity index (χ1n) is 8.31. The molecule has 0 saturated carbocycles. The molecule has 1 rings (SSSR count). The first-order valence-corrected chi connectivity index (χ1v) is 11.9. The number of pyridine rings is 1. The van der Waals surface area contributed by atoms with E-state index in [0.29, 0.717) is 6.42 Å². The van der Waals surface area contributed by atoms with Crippen molar-refractivity contribution in [3.63, 3.8) is 0 Å². The maximum atomic E-state index is 5.76. The lowest BCUT2D eigenvalue weighted by Crippen LogP contribution is -2.63. The molecule has 0 saturated heterocycles. The summed E-state index contributed by atoms with van der Waals surface area (Å²) in [5.41, 5.74) is 1.13. The van der Waals surface area contributed by atoms with Crippen molar-refractivity contribution >= 4 is 17.6 Å². The average molecular weight is 391 g/mol. The van der Waals surface area contributed by atoms with Gasteiger partial charge in [0.1, 0.15) is 11.7 Å². The number of nitrogens with zero attached hydrogens (tertiary/aromatic N) is 1. The van der Waals surface area contributed by atoms with E-state index in [1.54, 1.807) is 42.7 Å². The van der Waals surface area contributed by atoms with Crippen LogP contribution in [0.4, 0.5) is 0 Å². The Labute approximate surface area is 153 Å². The van der Waals surface area contributed by atoms with E-state index in [-0.39, 0.29) is 5.16 Å². The average Bonchev–Trinajstić information content (AvgIpc) is 2.67. The summed E-state index contributed by atoms with van der Waals surface area (Å²) in [4.78, 5) is 0. The summed E-state index contributed by atoms with van der Waals surface area (Å²) < 4.78 is 36.8. The van der Waals surface area contributed by atoms with E-state index in [1.807, 2.05) is 12.1 Å². The molecule has 1 aromatic rings. The lowest BCUT2D eigenvalue weighted by molar-refractivity contribution is -0.704. The number of hydrogen-bond acceptors (Lipinski definition) is 6. The van der Waals surface area contributed by atoms with Crippen molar-refractivity contribution in [1.29, 1.82) is 0 Å². The molecule has 0 unspecified atom stereocenters. The van der Waals surface area contributed by atoms with Crippen LogP contribution in [0.1, 0.15) is 19.0 Å². The van der Waals surface area contributed by atoms with Crippen molar-refractivity contribution in [3.05, 3.63) is 30.1 Å². The third-order valence-corrected chi connectivity index (χ3v) is 12.1. The van der Waals surface area contributed by atoms with Gasteiger partial charge in [-0.1, -0.05) is 13.0 Å². The Bertz CT molecular complexity index is 475. The zero-order chi connectivity index (χ0) is 18.9. The Kier molecular flexibility index (Phi) is 9.39. The van der Waals surface area contributed by atoms with Crippen LogP contribution < -0.4 is 4.57 Å². The van der Waals surface area contributed by atoms with Crippen LogP contribution in [0.25, 0.3) is 0 Å². The van der Waals surface area contributed by atoms with E-state index in [0.717, 1.165) is 18.7 Å². The summed E-state index contributed by atoms with van der Waals surface area (Å²) in [6.07, 6.45) is 3.71. The largest absolute Gasteiger partial charge is 0.508 e. The highest BCUT2D eigenvalue weighted by Gasteiger charge is 2.64. The maximum absolute atomic E-state index is 5.76. The molecule has 25 heavy (non-hydrogen) atoms. The molecule has 0 aliphatic carbocycles. The molecule has 0 aliphatic heterocycles.